The molecule has 1 aromatic rings. The number of rotatable bonds is 6. The number of imide groups is 1. The van der Waals surface area contributed by atoms with Gasteiger partial charge in [0.2, 0.25) is 0 Å². The molecule has 5 nitrogen and oxygen atoms in total. The zero-order chi connectivity index (χ0) is 20.4. The van der Waals surface area contributed by atoms with E-state index in [4.69, 9.17) is 4.74 Å². The molecule has 2 aliphatic rings. The minimum absolute atomic E-state index is 0.0895. The molecule has 28 heavy (non-hydrogen) atoms. The fraction of sp³-hybridized carbons (Fsp3) is 0.565. The Morgan fingerprint density at radius 1 is 1.07 bits per heavy atom. The van der Waals surface area contributed by atoms with Crippen molar-refractivity contribution < 1.29 is 14.3 Å². The molecule has 0 aromatic heterocycles. The van der Waals surface area contributed by atoms with Crippen LogP contribution in [0.3, 0.4) is 0 Å². The number of hydrogen-bond donors (Lipinski definition) is 0. The number of benzene rings is 1. The van der Waals surface area contributed by atoms with Crippen molar-refractivity contribution in [2.24, 2.45) is 11.8 Å². The molecule has 1 atom stereocenters. The van der Waals surface area contributed by atoms with Gasteiger partial charge in [-0.1, -0.05) is 32.9 Å². The Morgan fingerprint density at radius 3 is 2.32 bits per heavy atom. The van der Waals surface area contributed by atoms with Crippen molar-refractivity contribution >= 4 is 17.4 Å². The van der Waals surface area contributed by atoms with Crippen LogP contribution in [0.5, 0.6) is 5.75 Å². The third kappa shape index (κ3) is 4.23. The first-order valence-corrected chi connectivity index (χ1v) is 10.4. The summed E-state index contributed by atoms with van der Waals surface area (Å²) in [6, 6.07) is 7.54. The molecular formula is C23H32N2O3. The van der Waals surface area contributed by atoms with Crippen LogP contribution < -0.4 is 4.74 Å². The summed E-state index contributed by atoms with van der Waals surface area (Å²) in [5.41, 5.74) is 1.90. The Bertz CT molecular complexity index is 765. The number of amides is 2. The van der Waals surface area contributed by atoms with E-state index in [-0.39, 0.29) is 23.8 Å². The molecular weight excluding hydrogens is 352 g/mol. The van der Waals surface area contributed by atoms with E-state index in [1.54, 1.807) is 0 Å². The van der Waals surface area contributed by atoms with Gasteiger partial charge in [0, 0.05) is 19.6 Å². The molecule has 2 heterocycles. The standard InChI is InChI=1S/C23H32N2O3/c1-15(2)13-25-22(26)20(18-8-10-19(11-9-18)28-16(3)4)21(23(25)27)24-12-6-7-17(5)14-24/h8-11,15-17H,6-7,12-14H2,1-5H3. The lowest BCUT2D eigenvalue weighted by atomic mass is 9.97. The van der Waals surface area contributed by atoms with Crippen LogP contribution in [-0.2, 0) is 9.59 Å². The van der Waals surface area contributed by atoms with Crippen molar-refractivity contribution in [1.29, 1.82) is 0 Å². The van der Waals surface area contributed by atoms with Gasteiger partial charge < -0.3 is 9.64 Å². The molecule has 0 saturated carbocycles. The molecule has 152 valence electrons. The first-order valence-electron chi connectivity index (χ1n) is 10.4. The van der Waals surface area contributed by atoms with Crippen molar-refractivity contribution in [2.75, 3.05) is 19.6 Å². The summed E-state index contributed by atoms with van der Waals surface area (Å²) in [4.78, 5) is 30.0. The summed E-state index contributed by atoms with van der Waals surface area (Å²) < 4.78 is 5.72. The largest absolute Gasteiger partial charge is 0.491 e. The van der Waals surface area contributed by atoms with E-state index >= 15 is 0 Å². The molecule has 1 saturated heterocycles. The maximum atomic E-state index is 13.2. The highest BCUT2D eigenvalue weighted by Gasteiger charge is 2.42. The normalized spacial score (nSPS) is 20.8. The maximum absolute atomic E-state index is 13.2. The quantitative estimate of drug-likeness (QED) is 0.697. The minimum atomic E-state index is -0.176. The monoisotopic (exact) mass is 384 g/mol. The molecule has 2 aliphatic heterocycles. The number of ether oxygens (including phenoxy) is 1. The average Bonchev–Trinajstić information content (AvgIpc) is 2.86. The SMILES string of the molecule is CC(C)CN1C(=O)C(c2ccc(OC(C)C)cc2)=C(N2CCCC(C)C2)C1=O. The summed E-state index contributed by atoms with van der Waals surface area (Å²) in [7, 11) is 0. The summed E-state index contributed by atoms with van der Waals surface area (Å²) >= 11 is 0. The summed E-state index contributed by atoms with van der Waals surface area (Å²) in [6.07, 6.45) is 2.30. The first kappa shape index (κ1) is 20.4. The molecule has 2 amide bonds. The van der Waals surface area contributed by atoms with Gasteiger partial charge in [-0.15, -0.1) is 0 Å². The van der Waals surface area contributed by atoms with Gasteiger partial charge in [0.25, 0.3) is 11.8 Å². The molecule has 0 bridgehead atoms. The topological polar surface area (TPSA) is 49.9 Å². The molecule has 3 rings (SSSR count). The smallest absolute Gasteiger partial charge is 0.277 e. The molecule has 0 spiro atoms. The highest BCUT2D eigenvalue weighted by molar-refractivity contribution is 6.35. The fourth-order valence-corrected chi connectivity index (χ4v) is 4.01. The molecule has 1 aromatic carbocycles. The first-order chi connectivity index (χ1) is 13.3. The fourth-order valence-electron chi connectivity index (χ4n) is 4.01. The van der Waals surface area contributed by atoms with E-state index in [2.05, 4.69) is 11.8 Å². The van der Waals surface area contributed by atoms with Crippen LogP contribution in [0, 0.1) is 11.8 Å². The molecule has 1 unspecified atom stereocenters. The zero-order valence-corrected chi connectivity index (χ0v) is 17.7. The lowest BCUT2D eigenvalue weighted by molar-refractivity contribution is -0.138. The number of carbonyl (C=O) groups excluding carboxylic acids is 2. The van der Waals surface area contributed by atoms with Gasteiger partial charge in [-0.05, 0) is 56.2 Å². The third-order valence-corrected chi connectivity index (χ3v) is 5.18. The minimum Gasteiger partial charge on any atom is -0.491 e. The average molecular weight is 385 g/mol. The highest BCUT2D eigenvalue weighted by atomic mass is 16.5. The second-order valence-electron chi connectivity index (χ2n) is 8.72. The summed E-state index contributed by atoms with van der Waals surface area (Å²) in [5, 5.41) is 0. The Morgan fingerprint density at radius 2 is 1.75 bits per heavy atom. The zero-order valence-electron chi connectivity index (χ0n) is 17.7. The molecule has 0 aliphatic carbocycles. The Labute approximate surface area is 168 Å². The van der Waals surface area contributed by atoms with Crippen molar-refractivity contribution in [3.8, 4) is 5.75 Å². The summed E-state index contributed by atoms with van der Waals surface area (Å²) in [6.45, 7) is 12.3. The lowest BCUT2D eigenvalue weighted by Gasteiger charge is -2.33. The molecule has 0 radical (unpaired) electrons. The van der Waals surface area contributed by atoms with Crippen molar-refractivity contribution in [1.82, 2.24) is 9.80 Å². The molecule has 5 heteroatoms. The van der Waals surface area contributed by atoms with E-state index in [1.807, 2.05) is 52.0 Å². The van der Waals surface area contributed by atoms with Crippen LogP contribution in [0.4, 0.5) is 0 Å². The van der Waals surface area contributed by atoms with Gasteiger partial charge >= 0.3 is 0 Å². The predicted molar refractivity (Wildman–Crippen MR) is 111 cm³/mol. The second kappa shape index (κ2) is 8.38. The van der Waals surface area contributed by atoms with E-state index < -0.39 is 0 Å². The van der Waals surface area contributed by atoms with Gasteiger partial charge in [0.05, 0.1) is 11.7 Å². The van der Waals surface area contributed by atoms with Crippen LogP contribution in [0.2, 0.25) is 0 Å². The van der Waals surface area contributed by atoms with Gasteiger partial charge in [-0.25, -0.2) is 0 Å². The highest BCUT2D eigenvalue weighted by Crippen LogP contribution is 2.35. The number of nitrogens with zero attached hydrogens (tertiary/aromatic N) is 2. The number of carbonyl (C=O) groups is 2. The molecule has 0 N–H and O–H groups in total. The maximum Gasteiger partial charge on any atom is 0.277 e. The molecule has 1 fully saturated rings. The van der Waals surface area contributed by atoms with E-state index in [0.717, 1.165) is 37.2 Å². The van der Waals surface area contributed by atoms with Gasteiger partial charge in [-0.2, -0.15) is 0 Å². The number of hydrogen-bond acceptors (Lipinski definition) is 4. The number of likely N-dealkylation sites (tertiary alicyclic amines) is 1. The third-order valence-electron chi connectivity index (χ3n) is 5.18. The van der Waals surface area contributed by atoms with Crippen LogP contribution >= 0.6 is 0 Å². The Balaban J connectivity index is 2.00. The van der Waals surface area contributed by atoms with Crippen molar-refractivity contribution in [2.45, 2.75) is 53.6 Å². The summed E-state index contributed by atoms with van der Waals surface area (Å²) in [5.74, 6) is 1.19. The Hall–Kier alpha value is -2.30. The van der Waals surface area contributed by atoms with Crippen LogP contribution in [0.25, 0.3) is 5.57 Å². The van der Waals surface area contributed by atoms with E-state index in [9.17, 15) is 9.59 Å². The van der Waals surface area contributed by atoms with Crippen LogP contribution in [0.1, 0.15) is 53.0 Å². The van der Waals surface area contributed by atoms with E-state index in [1.165, 1.54) is 4.90 Å². The van der Waals surface area contributed by atoms with Gasteiger partial charge in [0.15, 0.2) is 0 Å². The lowest BCUT2D eigenvalue weighted by Crippen LogP contribution is -2.40. The van der Waals surface area contributed by atoms with Gasteiger partial charge in [-0.3, -0.25) is 14.5 Å². The second-order valence-corrected chi connectivity index (χ2v) is 8.72. The van der Waals surface area contributed by atoms with Crippen LogP contribution in [0.15, 0.2) is 30.0 Å². The Kier molecular flexibility index (Phi) is 6.11. The van der Waals surface area contributed by atoms with Gasteiger partial charge in [0.1, 0.15) is 11.4 Å². The number of piperidine rings is 1. The van der Waals surface area contributed by atoms with E-state index in [0.29, 0.717) is 23.7 Å². The predicted octanol–water partition coefficient (Wildman–Crippen LogP) is 3.94. The van der Waals surface area contributed by atoms with Crippen molar-refractivity contribution in [3.05, 3.63) is 35.5 Å². The van der Waals surface area contributed by atoms with Crippen molar-refractivity contribution in [3.63, 3.8) is 0 Å². The van der Waals surface area contributed by atoms with Crippen LogP contribution in [-0.4, -0.2) is 47.4 Å².